The van der Waals surface area contributed by atoms with Gasteiger partial charge in [0, 0.05) is 42.0 Å². The van der Waals surface area contributed by atoms with Crippen molar-refractivity contribution in [3.63, 3.8) is 0 Å². The van der Waals surface area contributed by atoms with Crippen molar-refractivity contribution in [2.24, 2.45) is 17.6 Å². The highest BCUT2D eigenvalue weighted by Crippen LogP contribution is 2.33. The van der Waals surface area contributed by atoms with Gasteiger partial charge in [-0.3, -0.25) is 0 Å². The van der Waals surface area contributed by atoms with Gasteiger partial charge in [0.15, 0.2) is 0 Å². The second kappa shape index (κ2) is 8.05. The van der Waals surface area contributed by atoms with E-state index >= 15 is 0 Å². The van der Waals surface area contributed by atoms with Crippen LogP contribution in [0.3, 0.4) is 0 Å². The first-order valence-electron chi connectivity index (χ1n) is 7.93. The Balaban J connectivity index is 1.86. The van der Waals surface area contributed by atoms with Crippen molar-refractivity contribution >= 4 is 22.9 Å². The Bertz CT molecular complexity index is 223. The van der Waals surface area contributed by atoms with Gasteiger partial charge in [0.2, 0.25) is 0 Å². The van der Waals surface area contributed by atoms with Crippen molar-refractivity contribution in [2.75, 3.05) is 13.1 Å². The van der Waals surface area contributed by atoms with Crippen molar-refractivity contribution in [1.29, 1.82) is 0 Å². The maximum Gasteiger partial charge on any atom is 0.0236 e. The van der Waals surface area contributed by atoms with Crippen LogP contribution in [0.5, 0.6) is 0 Å². The van der Waals surface area contributed by atoms with E-state index in [4.69, 9.17) is 5.73 Å². The normalized spacial score (nSPS) is 34.3. The van der Waals surface area contributed by atoms with Crippen LogP contribution < -0.4 is 5.73 Å². The molecule has 0 bridgehead atoms. The summed E-state index contributed by atoms with van der Waals surface area (Å²) >= 11 is 2.45. The Kier molecular flexibility index (Phi) is 6.73. The summed E-state index contributed by atoms with van der Waals surface area (Å²) in [7, 11) is 0. The number of hydrogen-bond donors (Lipinski definition) is 1. The largest absolute Gasteiger partial charge is 0.326 e. The third kappa shape index (κ3) is 4.64. The van der Waals surface area contributed by atoms with Crippen LogP contribution in [0.25, 0.3) is 0 Å². The number of hydrogen-bond acceptors (Lipinski definition) is 2. The fraction of sp³-hybridized carbons (Fsp3) is 1.00. The summed E-state index contributed by atoms with van der Waals surface area (Å²) in [5.41, 5.74) is 6.34. The summed E-state index contributed by atoms with van der Waals surface area (Å²) < 4.78 is 2.40. The summed E-state index contributed by atoms with van der Waals surface area (Å²) in [6.45, 7) is 2.33. The van der Waals surface area contributed by atoms with E-state index in [1.807, 2.05) is 0 Å². The van der Waals surface area contributed by atoms with Crippen LogP contribution in [0, 0.1) is 11.8 Å². The summed E-state index contributed by atoms with van der Waals surface area (Å²) in [6.07, 6.45) is 14.5. The molecule has 1 aliphatic carbocycles. The molecule has 1 heterocycles. The van der Waals surface area contributed by atoms with E-state index in [1.54, 1.807) is 0 Å². The Morgan fingerprint density at radius 3 is 1.72 bits per heavy atom. The molecule has 2 N–H and O–H groups in total. The molecule has 2 nitrogen and oxygen atoms in total. The summed E-state index contributed by atoms with van der Waals surface area (Å²) in [5.74, 6) is 1.67. The third-order valence-electron chi connectivity index (χ3n) is 4.87. The van der Waals surface area contributed by atoms with Crippen LogP contribution in [0.2, 0.25) is 0 Å². The Morgan fingerprint density at radius 2 is 1.28 bits per heavy atom. The van der Waals surface area contributed by atoms with E-state index in [2.05, 4.69) is 26.0 Å². The third-order valence-corrected chi connectivity index (χ3v) is 5.66. The van der Waals surface area contributed by atoms with Crippen LogP contribution in [0.15, 0.2) is 0 Å². The fourth-order valence-corrected chi connectivity index (χ4v) is 4.66. The van der Waals surface area contributed by atoms with Gasteiger partial charge in [0.25, 0.3) is 0 Å². The van der Waals surface area contributed by atoms with Crippen LogP contribution in [0.4, 0.5) is 0 Å². The topological polar surface area (TPSA) is 29.3 Å². The predicted octanol–water partition coefficient (Wildman–Crippen LogP) is 4.13. The fourth-order valence-electron chi connectivity index (χ4n) is 3.75. The first-order chi connectivity index (χ1) is 8.77. The molecule has 0 unspecified atom stereocenters. The lowest BCUT2D eigenvalue weighted by Gasteiger charge is -2.26. The molecule has 2 atom stereocenters. The zero-order valence-corrected chi connectivity index (χ0v) is 13.8. The van der Waals surface area contributed by atoms with Gasteiger partial charge >= 0.3 is 0 Å². The van der Waals surface area contributed by atoms with E-state index in [-0.39, 0.29) is 0 Å². The molecular weight excluding hydrogens is 335 g/mol. The average Bonchev–Trinajstić information content (AvgIpc) is 2.65. The van der Waals surface area contributed by atoms with Crippen molar-refractivity contribution in [3.05, 3.63) is 0 Å². The van der Waals surface area contributed by atoms with Gasteiger partial charge in [-0.2, -0.15) is 0 Å². The molecule has 3 heteroatoms. The molecule has 0 spiro atoms. The Hall–Kier alpha value is 0.650. The van der Waals surface area contributed by atoms with Gasteiger partial charge in [0.05, 0.1) is 0 Å². The van der Waals surface area contributed by atoms with Gasteiger partial charge in [-0.05, 0) is 11.8 Å². The molecule has 0 radical (unpaired) electrons. The maximum absolute atomic E-state index is 6.34. The molecule has 1 saturated carbocycles. The van der Waals surface area contributed by atoms with Crippen molar-refractivity contribution in [3.8, 4) is 0 Å². The van der Waals surface area contributed by atoms with E-state index in [0.717, 1.165) is 18.4 Å². The summed E-state index contributed by atoms with van der Waals surface area (Å²) in [4.78, 5) is 0. The first-order valence-corrected chi connectivity index (χ1v) is 8.90. The minimum absolute atomic E-state index is 0.428. The molecule has 2 rings (SSSR count). The first kappa shape index (κ1) is 15.0. The molecule has 18 heavy (non-hydrogen) atoms. The van der Waals surface area contributed by atoms with Gasteiger partial charge in [-0.1, -0.05) is 64.2 Å². The van der Waals surface area contributed by atoms with Crippen LogP contribution in [-0.4, -0.2) is 22.2 Å². The van der Waals surface area contributed by atoms with Gasteiger partial charge in [0.1, 0.15) is 0 Å². The molecule has 106 valence electrons. The van der Waals surface area contributed by atoms with Gasteiger partial charge in [-0.25, -0.2) is 3.11 Å². The van der Waals surface area contributed by atoms with Crippen molar-refractivity contribution < 1.29 is 0 Å². The Morgan fingerprint density at radius 1 is 0.778 bits per heavy atom. The van der Waals surface area contributed by atoms with E-state index < -0.39 is 0 Å². The van der Waals surface area contributed by atoms with Crippen molar-refractivity contribution in [1.82, 2.24) is 3.11 Å². The number of halogens is 1. The van der Waals surface area contributed by atoms with Crippen LogP contribution in [-0.2, 0) is 0 Å². The lowest BCUT2D eigenvalue weighted by molar-refractivity contribution is 0.274. The number of rotatable bonds is 1. The zero-order valence-electron chi connectivity index (χ0n) is 11.6. The van der Waals surface area contributed by atoms with Gasteiger partial charge in [-0.15, -0.1) is 0 Å². The second-order valence-electron chi connectivity index (χ2n) is 6.32. The van der Waals surface area contributed by atoms with E-state index in [0.29, 0.717) is 6.04 Å². The molecule has 2 fully saturated rings. The highest BCUT2D eigenvalue weighted by molar-refractivity contribution is 14.1. The SMILES string of the molecule is N[C@H]1CN(I)C[C@@H]1C1CCCCCCCCCC1. The van der Waals surface area contributed by atoms with Crippen LogP contribution in [0.1, 0.15) is 64.2 Å². The highest BCUT2D eigenvalue weighted by Gasteiger charge is 2.34. The summed E-state index contributed by atoms with van der Waals surface area (Å²) in [6, 6.07) is 0.428. The minimum atomic E-state index is 0.428. The molecule has 1 aliphatic heterocycles. The maximum atomic E-state index is 6.34. The molecule has 0 aromatic rings. The molecule has 0 aromatic heterocycles. The quantitative estimate of drug-likeness (QED) is 0.560. The smallest absolute Gasteiger partial charge is 0.0236 e. The zero-order chi connectivity index (χ0) is 12.8. The molecule has 2 aliphatic rings. The average molecular weight is 364 g/mol. The molecular formula is C15H29IN2. The van der Waals surface area contributed by atoms with Gasteiger partial charge < -0.3 is 5.73 Å². The minimum Gasteiger partial charge on any atom is -0.326 e. The van der Waals surface area contributed by atoms with Crippen molar-refractivity contribution in [2.45, 2.75) is 70.3 Å². The number of nitrogens with two attached hydrogens (primary N) is 1. The monoisotopic (exact) mass is 364 g/mol. The number of nitrogens with zero attached hydrogens (tertiary/aromatic N) is 1. The molecule has 0 amide bonds. The lowest BCUT2D eigenvalue weighted by atomic mass is 9.81. The summed E-state index contributed by atoms with van der Waals surface area (Å²) in [5, 5.41) is 0. The standard InChI is InChI=1S/C15H29IN2/c16-18-11-14(15(17)12-18)13-9-7-5-3-1-2-4-6-8-10-13/h13-15H,1-12,17H2/t14-,15+/m1/s1. The Labute approximate surface area is 127 Å². The highest BCUT2D eigenvalue weighted by atomic mass is 127. The molecule has 0 aromatic carbocycles. The van der Waals surface area contributed by atoms with E-state index in [9.17, 15) is 0 Å². The van der Waals surface area contributed by atoms with E-state index in [1.165, 1.54) is 70.8 Å². The predicted molar refractivity (Wildman–Crippen MR) is 86.7 cm³/mol. The lowest BCUT2D eigenvalue weighted by Crippen LogP contribution is -2.34. The second-order valence-corrected chi connectivity index (χ2v) is 7.69. The van der Waals surface area contributed by atoms with Crippen LogP contribution >= 0.6 is 22.9 Å². The molecule has 1 saturated heterocycles.